The maximum Gasteiger partial charge on any atom is 0.252 e. The minimum atomic E-state index is -0.0853. The highest BCUT2D eigenvalue weighted by atomic mass is 35.5. The number of rotatable bonds is 21. The minimum Gasteiger partial charge on any atom is -0.492 e. The highest BCUT2D eigenvalue weighted by molar-refractivity contribution is 6.32. The number of aromatic nitrogens is 1. The number of carbonyl (C=O) groups excluding carboxylic acids is 1. The van der Waals surface area contributed by atoms with Crippen molar-refractivity contribution >= 4 is 17.5 Å². The van der Waals surface area contributed by atoms with E-state index < -0.39 is 0 Å². The van der Waals surface area contributed by atoms with Gasteiger partial charge in [0.1, 0.15) is 12.3 Å². The van der Waals surface area contributed by atoms with E-state index in [1.54, 1.807) is 0 Å². The van der Waals surface area contributed by atoms with Gasteiger partial charge in [-0.3, -0.25) is 4.79 Å². The van der Waals surface area contributed by atoms with E-state index in [9.17, 15) is 4.79 Å². The first kappa shape index (κ1) is 31.1. The van der Waals surface area contributed by atoms with Crippen LogP contribution in [0.5, 0.6) is 5.75 Å². The number of hydrogen-bond donors (Lipinski definition) is 1. The van der Waals surface area contributed by atoms with Gasteiger partial charge in [-0.1, -0.05) is 115 Å². The number of carbonyl (C=O) groups is 1. The lowest BCUT2D eigenvalue weighted by Crippen LogP contribution is -2.33. The van der Waals surface area contributed by atoms with Crippen LogP contribution >= 0.6 is 11.6 Å². The Morgan fingerprint density at radius 1 is 0.784 bits per heavy atom. The Morgan fingerprint density at radius 2 is 1.35 bits per heavy atom. The number of nitrogens with zero attached hydrogens (tertiary/aromatic N) is 1. The van der Waals surface area contributed by atoms with Gasteiger partial charge in [0.15, 0.2) is 12.4 Å². The van der Waals surface area contributed by atoms with Gasteiger partial charge >= 0.3 is 0 Å². The third-order valence-corrected chi connectivity index (χ3v) is 7.14. The Hall–Kier alpha value is -2.07. The average molecular weight is 530 g/mol. The quantitative estimate of drug-likeness (QED) is 0.130. The molecule has 1 aromatic heterocycles. The normalized spacial score (nSPS) is 11.0. The van der Waals surface area contributed by atoms with Crippen molar-refractivity contribution in [2.45, 2.75) is 123 Å². The van der Waals surface area contributed by atoms with Crippen molar-refractivity contribution in [3.8, 4) is 5.75 Å². The van der Waals surface area contributed by atoms with E-state index in [4.69, 9.17) is 16.3 Å². The van der Waals surface area contributed by atoms with Gasteiger partial charge in [-0.05, 0) is 24.1 Å². The zero-order valence-corrected chi connectivity index (χ0v) is 24.2. The van der Waals surface area contributed by atoms with E-state index >= 15 is 0 Å². The van der Waals surface area contributed by atoms with E-state index in [1.165, 1.54) is 83.5 Å². The van der Waals surface area contributed by atoms with Gasteiger partial charge in [0.2, 0.25) is 0 Å². The third kappa shape index (κ3) is 13.9. The fraction of sp³-hybridized carbons (Fsp3) is 0.625. The van der Waals surface area contributed by atoms with Crippen LogP contribution in [0.25, 0.3) is 0 Å². The van der Waals surface area contributed by atoms with Crippen molar-refractivity contribution in [2.24, 2.45) is 0 Å². The molecule has 1 amide bonds. The van der Waals surface area contributed by atoms with Crippen molar-refractivity contribution in [1.82, 2.24) is 5.32 Å². The molecule has 0 spiro atoms. The van der Waals surface area contributed by atoms with Gasteiger partial charge in [-0.15, -0.1) is 0 Å². The summed E-state index contributed by atoms with van der Waals surface area (Å²) in [6.45, 7) is 6.49. The molecule has 1 heterocycles. The molecule has 206 valence electrons. The smallest absolute Gasteiger partial charge is 0.252 e. The number of aryl methyl sites for hydroxylation is 1. The van der Waals surface area contributed by atoms with Gasteiger partial charge in [0.25, 0.3) is 5.91 Å². The molecule has 0 bridgehead atoms. The number of nitrogens with one attached hydrogen (secondary N) is 1. The van der Waals surface area contributed by atoms with Gasteiger partial charge in [0.05, 0.1) is 17.2 Å². The molecule has 37 heavy (non-hydrogen) atoms. The lowest BCUT2D eigenvalue weighted by Gasteiger charge is -2.10. The Labute approximate surface area is 231 Å². The van der Waals surface area contributed by atoms with Crippen LogP contribution in [-0.2, 0) is 13.1 Å². The standard InChI is InChI=1S/C32H49ClN2O2/c1-3-5-6-7-8-9-10-11-12-13-14-15-16-17-25-37-31-19-18-28(26-30(31)33)27-34-32(36)29-20-23-35(22-4-2)24-21-29/h18-21,23-24,26H,3-17,22,25,27H2,1-2H3/p+1. The van der Waals surface area contributed by atoms with E-state index in [1.807, 2.05) is 42.7 Å². The van der Waals surface area contributed by atoms with Gasteiger partial charge in [-0.2, -0.15) is 0 Å². The van der Waals surface area contributed by atoms with Crippen LogP contribution in [0.1, 0.15) is 126 Å². The van der Waals surface area contributed by atoms with Crippen LogP contribution in [0.15, 0.2) is 42.7 Å². The zero-order valence-electron chi connectivity index (χ0n) is 23.4. The summed E-state index contributed by atoms with van der Waals surface area (Å²) in [5, 5.41) is 3.56. The summed E-state index contributed by atoms with van der Waals surface area (Å²) < 4.78 is 7.98. The Morgan fingerprint density at radius 3 is 1.89 bits per heavy atom. The van der Waals surface area contributed by atoms with E-state index in [2.05, 4.69) is 23.7 Å². The number of ether oxygens (including phenoxy) is 1. The van der Waals surface area contributed by atoms with Crippen LogP contribution in [0.2, 0.25) is 5.02 Å². The maximum absolute atomic E-state index is 12.4. The molecule has 0 atom stereocenters. The largest absolute Gasteiger partial charge is 0.492 e. The molecule has 0 fully saturated rings. The molecule has 1 aromatic carbocycles. The number of pyridine rings is 1. The van der Waals surface area contributed by atoms with Crippen LogP contribution in [-0.4, -0.2) is 12.5 Å². The lowest BCUT2D eigenvalue weighted by atomic mass is 10.0. The predicted octanol–water partition coefficient (Wildman–Crippen LogP) is 8.83. The molecule has 0 aliphatic rings. The van der Waals surface area contributed by atoms with Gasteiger partial charge in [0, 0.05) is 25.1 Å². The number of amides is 1. The monoisotopic (exact) mass is 529 g/mol. The molecule has 0 saturated carbocycles. The molecular formula is C32H50ClN2O2+. The van der Waals surface area contributed by atoms with Crippen LogP contribution < -0.4 is 14.6 Å². The van der Waals surface area contributed by atoms with Gasteiger partial charge in [-0.25, -0.2) is 4.57 Å². The topological polar surface area (TPSA) is 42.2 Å². The molecule has 5 heteroatoms. The molecule has 0 aliphatic heterocycles. The summed E-state index contributed by atoms with van der Waals surface area (Å²) in [6, 6.07) is 9.46. The van der Waals surface area contributed by atoms with E-state index in [0.29, 0.717) is 23.7 Å². The van der Waals surface area contributed by atoms with E-state index in [-0.39, 0.29) is 5.91 Å². The number of halogens is 1. The lowest BCUT2D eigenvalue weighted by molar-refractivity contribution is -0.697. The molecule has 0 saturated heterocycles. The molecule has 0 radical (unpaired) electrons. The third-order valence-electron chi connectivity index (χ3n) is 6.84. The molecular weight excluding hydrogens is 480 g/mol. The minimum absolute atomic E-state index is 0.0853. The summed E-state index contributed by atoms with van der Waals surface area (Å²) in [6.07, 6.45) is 23.8. The summed E-state index contributed by atoms with van der Waals surface area (Å²) in [5.74, 6) is 0.632. The Bertz CT molecular complexity index is 870. The van der Waals surface area contributed by atoms with Crippen molar-refractivity contribution < 1.29 is 14.1 Å². The number of unbranched alkanes of at least 4 members (excludes halogenated alkanes) is 13. The van der Waals surface area contributed by atoms with Crippen LogP contribution in [0, 0.1) is 0 Å². The van der Waals surface area contributed by atoms with Crippen LogP contribution in [0.4, 0.5) is 0 Å². The molecule has 0 aliphatic carbocycles. The first-order valence-electron chi connectivity index (χ1n) is 14.8. The second kappa shape index (κ2) is 20.0. The summed E-state index contributed by atoms with van der Waals surface area (Å²) in [4.78, 5) is 12.4. The van der Waals surface area contributed by atoms with E-state index in [0.717, 1.165) is 30.7 Å². The second-order valence-corrected chi connectivity index (χ2v) is 10.6. The first-order valence-corrected chi connectivity index (χ1v) is 15.2. The highest BCUT2D eigenvalue weighted by Crippen LogP contribution is 2.26. The van der Waals surface area contributed by atoms with Crippen LogP contribution in [0.3, 0.4) is 0 Å². The SMILES string of the molecule is CCCCCCCCCCCCCCCCOc1ccc(CNC(=O)c2cc[n+](CCC)cc2)cc1Cl. The van der Waals surface area contributed by atoms with Crippen molar-refractivity contribution in [3.63, 3.8) is 0 Å². The van der Waals surface area contributed by atoms with Crippen molar-refractivity contribution in [2.75, 3.05) is 6.61 Å². The summed E-state index contributed by atoms with van der Waals surface area (Å²) in [7, 11) is 0. The molecule has 1 N–H and O–H groups in total. The van der Waals surface area contributed by atoms with Crippen molar-refractivity contribution in [3.05, 3.63) is 58.9 Å². The molecule has 2 aromatic rings. The van der Waals surface area contributed by atoms with Crippen molar-refractivity contribution in [1.29, 1.82) is 0 Å². The summed E-state index contributed by atoms with van der Waals surface area (Å²) in [5.41, 5.74) is 1.62. The maximum atomic E-state index is 12.4. The first-order chi connectivity index (χ1) is 18.1. The molecule has 2 rings (SSSR count). The highest BCUT2D eigenvalue weighted by Gasteiger charge is 2.09. The Kier molecular flexibility index (Phi) is 16.8. The number of hydrogen-bond acceptors (Lipinski definition) is 2. The molecule has 0 unspecified atom stereocenters. The predicted molar refractivity (Wildman–Crippen MR) is 155 cm³/mol. The average Bonchev–Trinajstić information content (AvgIpc) is 2.91. The molecule has 4 nitrogen and oxygen atoms in total. The van der Waals surface area contributed by atoms with Gasteiger partial charge < -0.3 is 10.1 Å². The Balaban J connectivity index is 1.51. The summed E-state index contributed by atoms with van der Waals surface area (Å²) >= 11 is 6.43. The second-order valence-electron chi connectivity index (χ2n) is 10.2. The zero-order chi connectivity index (χ0) is 26.6. The number of benzene rings is 1. The fourth-order valence-corrected chi connectivity index (χ4v) is 4.81. The fourth-order valence-electron chi connectivity index (χ4n) is 4.55.